The van der Waals surface area contributed by atoms with Crippen molar-refractivity contribution in [3.05, 3.63) is 0 Å². The maximum atomic E-state index is 11.6. The van der Waals surface area contributed by atoms with Gasteiger partial charge in [0.2, 0.25) is 5.91 Å². The molecule has 2 aliphatic rings. The highest BCUT2D eigenvalue weighted by molar-refractivity contribution is 5.81. The standard InChI is InChI=1S/C10H14N2O2/c11-6-8(7-3-4-7)12-10(13)9-2-1-5-14-9/h7-9H,1-5H2,(H,12,13). The Balaban J connectivity index is 1.83. The van der Waals surface area contributed by atoms with E-state index in [1.165, 1.54) is 0 Å². The molecule has 0 aromatic heterocycles. The summed E-state index contributed by atoms with van der Waals surface area (Å²) >= 11 is 0. The van der Waals surface area contributed by atoms with Crippen LogP contribution >= 0.6 is 0 Å². The Morgan fingerprint density at radius 3 is 2.79 bits per heavy atom. The quantitative estimate of drug-likeness (QED) is 0.715. The lowest BCUT2D eigenvalue weighted by Gasteiger charge is -2.13. The fourth-order valence-electron chi connectivity index (χ4n) is 1.72. The normalized spacial score (nSPS) is 28.1. The van der Waals surface area contributed by atoms with Crippen LogP contribution < -0.4 is 5.32 Å². The topological polar surface area (TPSA) is 62.1 Å². The summed E-state index contributed by atoms with van der Waals surface area (Å²) in [6.07, 6.45) is 3.53. The summed E-state index contributed by atoms with van der Waals surface area (Å²) in [6, 6.07) is 1.83. The monoisotopic (exact) mass is 194 g/mol. The van der Waals surface area contributed by atoms with Crippen molar-refractivity contribution < 1.29 is 9.53 Å². The van der Waals surface area contributed by atoms with E-state index in [4.69, 9.17) is 10.00 Å². The summed E-state index contributed by atoms with van der Waals surface area (Å²) in [5, 5.41) is 11.6. The number of nitrogens with zero attached hydrogens (tertiary/aromatic N) is 1. The zero-order valence-corrected chi connectivity index (χ0v) is 8.03. The van der Waals surface area contributed by atoms with Crippen LogP contribution in [0.2, 0.25) is 0 Å². The van der Waals surface area contributed by atoms with Gasteiger partial charge in [0.15, 0.2) is 0 Å². The minimum atomic E-state index is -0.315. The van der Waals surface area contributed by atoms with E-state index in [2.05, 4.69) is 11.4 Å². The Bertz CT molecular complexity index is 262. The second-order valence-electron chi connectivity index (χ2n) is 3.95. The van der Waals surface area contributed by atoms with Crippen molar-refractivity contribution in [3.63, 3.8) is 0 Å². The molecule has 0 spiro atoms. The molecule has 4 heteroatoms. The van der Waals surface area contributed by atoms with Gasteiger partial charge in [-0.15, -0.1) is 0 Å². The Labute approximate surface area is 83.2 Å². The first-order valence-electron chi connectivity index (χ1n) is 5.13. The van der Waals surface area contributed by atoms with E-state index < -0.39 is 0 Å². The molecule has 1 heterocycles. The van der Waals surface area contributed by atoms with E-state index in [-0.39, 0.29) is 18.1 Å². The lowest BCUT2D eigenvalue weighted by Crippen LogP contribution is -2.41. The van der Waals surface area contributed by atoms with E-state index in [0.29, 0.717) is 12.5 Å². The van der Waals surface area contributed by atoms with Crippen LogP contribution in [0.1, 0.15) is 25.7 Å². The number of amides is 1. The minimum absolute atomic E-state index is 0.110. The second-order valence-corrected chi connectivity index (χ2v) is 3.95. The van der Waals surface area contributed by atoms with Crippen LogP contribution in [0.25, 0.3) is 0 Å². The zero-order valence-electron chi connectivity index (χ0n) is 8.03. The number of hydrogen-bond donors (Lipinski definition) is 1. The molecule has 1 aliphatic carbocycles. The van der Waals surface area contributed by atoms with Gasteiger partial charge < -0.3 is 10.1 Å². The molecular formula is C10H14N2O2. The van der Waals surface area contributed by atoms with Gasteiger partial charge in [-0.1, -0.05) is 0 Å². The molecule has 2 rings (SSSR count). The van der Waals surface area contributed by atoms with Crippen LogP contribution in [0.3, 0.4) is 0 Å². The average Bonchev–Trinajstić information content (AvgIpc) is 2.88. The molecule has 1 aliphatic heterocycles. The number of carbonyl (C=O) groups is 1. The van der Waals surface area contributed by atoms with Gasteiger partial charge in [-0.25, -0.2) is 0 Å². The van der Waals surface area contributed by atoms with Crippen LogP contribution in [-0.4, -0.2) is 24.7 Å². The fraction of sp³-hybridized carbons (Fsp3) is 0.800. The smallest absolute Gasteiger partial charge is 0.250 e. The number of carbonyl (C=O) groups excluding carboxylic acids is 1. The molecule has 0 aromatic carbocycles. The molecule has 0 radical (unpaired) electrons. The van der Waals surface area contributed by atoms with E-state index in [0.717, 1.165) is 25.7 Å². The maximum absolute atomic E-state index is 11.6. The van der Waals surface area contributed by atoms with Gasteiger partial charge in [0, 0.05) is 6.61 Å². The molecule has 1 saturated carbocycles. The Morgan fingerprint density at radius 2 is 2.29 bits per heavy atom. The zero-order chi connectivity index (χ0) is 9.97. The molecule has 2 atom stereocenters. The molecule has 1 amide bonds. The van der Waals surface area contributed by atoms with Gasteiger partial charge in [-0.3, -0.25) is 4.79 Å². The number of rotatable bonds is 3. The average molecular weight is 194 g/mol. The van der Waals surface area contributed by atoms with Crippen LogP contribution in [0.15, 0.2) is 0 Å². The van der Waals surface area contributed by atoms with E-state index >= 15 is 0 Å². The van der Waals surface area contributed by atoms with Gasteiger partial charge in [0.05, 0.1) is 6.07 Å². The molecule has 0 bridgehead atoms. The van der Waals surface area contributed by atoms with E-state index in [9.17, 15) is 4.79 Å². The summed E-state index contributed by atoms with van der Waals surface area (Å²) in [5.74, 6) is 0.270. The van der Waals surface area contributed by atoms with Crippen molar-refractivity contribution in [2.24, 2.45) is 5.92 Å². The van der Waals surface area contributed by atoms with Gasteiger partial charge in [0.25, 0.3) is 0 Å². The summed E-state index contributed by atoms with van der Waals surface area (Å²) in [5.41, 5.74) is 0. The van der Waals surface area contributed by atoms with Crippen molar-refractivity contribution in [1.82, 2.24) is 5.32 Å². The Morgan fingerprint density at radius 1 is 1.50 bits per heavy atom. The summed E-state index contributed by atoms with van der Waals surface area (Å²) in [7, 11) is 0. The van der Waals surface area contributed by atoms with Gasteiger partial charge in [-0.2, -0.15) is 5.26 Å². The molecule has 76 valence electrons. The molecule has 14 heavy (non-hydrogen) atoms. The lowest BCUT2D eigenvalue weighted by molar-refractivity contribution is -0.130. The van der Waals surface area contributed by atoms with Crippen molar-refractivity contribution in [1.29, 1.82) is 5.26 Å². The van der Waals surface area contributed by atoms with Crippen LogP contribution in [0, 0.1) is 17.2 Å². The number of hydrogen-bond acceptors (Lipinski definition) is 3. The predicted octanol–water partition coefficient (Wildman–Crippen LogP) is 0.584. The first kappa shape index (κ1) is 9.47. The highest BCUT2D eigenvalue weighted by Gasteiger charge is 2.34. The first-order valence-corrected chi connectivity index (χ1v) is 5.13. The van der Waals surface area contributed by atoms with Crippen LogP contribution in [-0.2, 0) is 9.53 Å². The molecular weight excluding hydrogens is 180 g/mol. The summed E-state index contributed by atoms with van der Waals surface area (Å²) < 4.78 is 5.24. The second kappa shape index (κ2) is 3.97. The van der Waals surface area contributed by atoms with Crippen molar-refractivity contribution in [2.45, 2.75) is 37.8 Å². The highest BCUT2D eigenvalue weighted by atomic mass is 16.5. The third-order valence-corrected chi connectivity index (χ3v) is 2.75. The third-order valence-electron chi connectivity index (χ3n) is 2.75. The van der Waals surface area contributed by atoms with Crippen molar-refractivity contribution in [3.8, 4) is 6.07 Å². The Kier molecular flexibility index (Phi) is 2.69. The minimum Gasteiger partial charge on any atom is -0.368 e. The molecule has 2 fully saturated rings. The van der Waals surface area contributed by atoms with E-state index in [1.807, 2.05) is 0 Å². The largest absolute Gasteiger partial charge is 0.368 e. The molecule has 1 saturated heterocycles. The highest BCUT2D eigenvalue weighted by Crippen LogP contribution is 2.32. The van der Waals surface area contributed by atoms with Crippen LogP contribution in [0.4, 0.5) is 0 Å². The maximum Gasteiger partial charge on any atom is 0.250 e. The number of nitrogens with one attached hydrogen (secondary N) is 1. The SMILES string of the molecule is N#CC(NC(=O)C1CCCO1)C1CC1. The predicted molar refractivity (Wildman–Crippen MR) is 49.2 cm³/mol. The van der Waals surface area contributed by atoms with Crippen molar-refractivity contribution >= 4 is 5.91 Å². The Hall–Kier alpha value is -1.08. The van der Waals surface area contributed by atoms with Crippen LogP contribution in [0.5, 0.6) is 0 Å². The van der Waals surface area contributed by atoms with Crippen molar-refractivity contribution in [2.75, 3.05) is 6.61 Å². The number of nitriles is 1. The van der Waals surface area contributed by atoms with Gasteiger partial charge in [0.1, 0.15) is 12.1 Å². The number of ether oxygens (including phenoxy) is 1. The lowest BCUT2D eigenvalue weighted by atomic mass is 10.2. The van der Waals surface area contributed by atoms with E-state index in [1.54, 1.807) is 0 Å². The molecule has 4 nitrogen and oxygen atoms in total. The molecule has 2 unspecified atom stereocenters. The fourth-order valence-corrected chi connectivity index (χ4v) is 1.72. The van der Waals surface area contributed by atoms with Gasteiger partial charge >= 0.3 is 0 Å². The third kappa shape index (κ3) is 2.05. The van der Waals surface area contributed by atoms with Gasteiger partial charge in [-0.05, 0) is 31.6 Å². The summed E-state index contributed by atoms with van der Waals surface area (Å²) in [4.78, 5) is 11.6. The summed E-state index contributed by atoms with van der Waals surface area (Å²) in [6.45, 7) is 0.665. The molecule has 0 aromatic rings. The first-order chi connectivity index (χ1) is 6.81. The molecule has 1 N–H and O–H groups in total.